The highest BCUT2D eigenvalue weighted by molar-refractivity contribution is 6.31. The molecule has 3 rings (SSSR count). The molecule has 0 saturated heterocycles. The Bertz CT molecular complexity index is 444. The van der Waals surface area contributed by atoms with Crippen LogP contribution in [0.15, 0.2) is 18.2 Å². The van der Waals surface area contributed by atoms with Crippen LogP contribution in [-0.4, -0.2) is 12.6 Å². The maximum atomic E-state index is 13.5. The summed E-state index contributed by atoms with van der Waals surface area (Å²) in [7, 11) is 0. The zero-order valence-electron chi connectivity index (χ0n) is 11.2. The van der Waals surface area contributed by atoms with Crippen molar-refractivity contribution in [3.63, 3.8) is 0 Å². The Kier molecular flexibility index (Phi) is 4.09. The van der Waals surface area contributed by atoms with Gasteiger partial charge >= 0.3 is 0 Å². The summed E-state index contributed by atoms with van der Waals surface area (Å²) in [5.74, 6) is 0.857. The molecule has 2 saturated carbocycles. The lowest BCUT2D eigenvalue weighted by atomic mass is 9.75. The first-order chi connectivity index (χ1) is 9.24. The maximum Gasteiger partial charge on any atom is 0.123 e. The summed E-state index contributed by atoms with van der Waals surface area (Å²) >= 11 is 6.28. The molecule has 1 aromatic rings. The minimum Gasteiger partial charge on any atom is -0.314 e. The van der Waals surface area contributed by atoms with Crippen LogP contribution in [0.1, 0.15) is 50.0 Å². The average molecular weight is 282 g/mol. The minimum absolute atomic E-state index is 0.168. The first-order valence-corrected chi connectivity index (χ1v) is 7.80. The molecule has 2 unspecified atom stereocenters. The van der Waals surface area contributed by atoms with Gasteiger partial charge < -0.3 is 5.32 Å². The van der Waals surface area contributed by atoms with E-state index in [0.717, 1.165) is 29.6 Å². The van der Waals surface area contributed by atoms with E-state index >= 15 is 0 Å². The Morgan fingerprint density at radius 3 is 2.74 bits per heavy atom. The van der Waals surface area contributed by atoms with Crippen molar-refractivity contribution in [2.45, 2.75) is 50.5 Å². The van der Waals surface area contributed by atoms with E-state index in [1.54, 1.807) is 12.1 Å². The summed E-state index contributed by atoms with van der Waals surface area (Å²) in [6.45, 7) is 1.06. The highest BCUT2D eigenvalue weighted by Gasteiger charge is 2.30. The average Bonchev–Trinajstić information content (AvgIpc) is 3.24. The van der Waals surface area contributed by atoms with Crippen molar-refractivity contribution in [3.8, 4) is 0 Å². The first kappa shape index (κ1) is 13.4. The standard InChI is InChI=1S/C16H21ClFN/c17-16-8-5-12(18)9-15(16)14-4-2-1-3-11(14)10-19-13-6-7-13/h5,8-9,11,13-14,19H,1-4,6-7,10H2. The van der Waals surface area contributed by atoms with Crippen LogP contribution in [0.2, 0.25) is 5.02 Å². The van der Waals surface area contributed by atoms with Crippen molar-refractivity contribution in [2.75, 3.05) is 6.54 Å². The molecule has 2 aliphatic carbocycles. The van der Waals surface area contributed by atoms with Crippen molar-refractivity contribution < 1.29 is 4.39 Å². The van der Waals surface area contributed by atoms with Crippen LogP contribution < -0.4 is 5.32 Å². The van der Waals surface area contributed by atoms with E-state index in [4.69, 9.17) is 11.6 Å². The van der Waals surface area contributed by atoms with Gasteiger partial charge in [0.2, 0.25) is 0 Å². The van der Waals surface area contributed by atoms with E-state index < -0.39 is 0 Å². The maximum absolute atomic E-state index is 13.5. The second-order valence-electron chi connectivity index (χ2n) is 6.00. The zero-order chi connectivity index (χ0) is 13.2. The second-order valence-corrected chi connectivity index (χ2v) is 6.41. The molecule has 0 aromatic heterocycles. The van der Waals surface area contributed by atoms with Gasteiger partial charge in [0.1, 0.15) is 5.82 Å². The van der Waals surface area contributed by atoms with Gasteiger partial charge in [0, 0.05) is 11.1 Å². The van der Waals surface area contributed by atoms with Gasteiger partial charge in [0.15, 0.2) is 0 Å². The molecule has 0 amide bonds. The number of benzene rings is 1. The fourth-order valence-electron chi connectivity index (χ4n) is 3.27. The third-order valence-electron chi connectivity index (χ3n) is 4.51. The van der Waals surface area contributed by atoms with Crippen LogP contribution in [0.5, 0.6) is 0 Å². The molecule has 0 aliphatic heterocycles. The van der Waals surface area contributed by atoms with Gasteiger partial charge in [-0.2, -0.15) is 0 Å². The lowest BCUT2D eigenvalue weighted by Crippen LogP contribution is -2.30. The molecule has 1 N–H and O–H groups in total. The summed E-state index contributed by atoms with van der Waals surface area (Å²) in [6.07, 6.45) is 7.53. The predicted octanol–water partition coefficient (Wildman–Crippen LogP) is 4.50. The van der Waals surface area contributed by atoms with Crippen LogP contribution >= 0.6 is 11.6 Å². The molecule has 0 spiro atoms. The minimum atomic E-state index is -0.168. The molecule has 19 heavy (non-hydrogen) atoms. The van der Waals surface area contributed by atoms with E-state index in [2.05, 4.69) is 5.32 Å². The topological polar surface area (TPSA) is 12.0 Å². The van der Waals surface area contributed by atoms with Crippen LogP contribution in [0.3, 0.4) is 0 Å². The van der Waals surface area contributed by atoms with Gasteiger partial charge in [0.25, 0.3) is 0 Å². The highest BCUT2D eigenvalue weighted by atomic mass is 35.5. The molecule has 0 radical (unpaired) electrons. The van der Waals surface area contributed by atoms with Crippen LogP contribution in [0, 0.1) is 11.7 Å². The van der Waals surface area contributed by atoms with Crippen molar-refractivity contribution >= 4 is 11.6 Å². The first-order valence-electron chi connectivity index (χ1n) is 7.42. The van der Waals surface area contributed by atoms with E-state index in [0.29, 0.717) is 11.8 Å². The highest BCUT2D eigenvalue weighted by Crippen LogP contribution is 2.40. The summed E-state index contributed by atoms with van der Waals surface area (Å²) in [5.41, 5.74) is 1.02. The fraction of sp³-hybridized carbons (Fsp3) is 0.625. The van der Waals surface area contributed by atoms with Gasteiger partial charge in [-0.05, 0) is 67.8 Å². The summed E-state index contributed by atoms with van der Waals surface area (Å²) in [5, 5.41) is 4.35. The number of halogens is 2. The Morgan fingerprint density at radius 2 is 1.95 bits per heavy atom. The third kappa shape index (κ3) is 3.29. The number of hydrogen-bond acceptors (Lipinski definition) is 1. The van der Waals surface area contributed by atoms with Crippen molar-refractivity contribution in [1.29, 1.82) is 0 Å². The van der Waals surface area contributed by atoms with E-state index in [1.165, 1.54) is 38.2 Å². The van der Waals surface area contributed by atoms with Crippen molar-refractivity contribution in [2.24, 2.45) is 5.92 Å². The van der Waals surface area contributed by atoms with Gasteiger partial charge in [0.05, 0.1) is 0 Å². The van der Waals surface area contributed by atoms with Crippen molar-refractivity contribution in [3.05, 3.63) is 34.6 Å². The van der Waals surface area contributed by atoms with E-state index in [1.807, 2.05) is 0 Å². The number of rotatable bonds is 4. The van der Waals surface area contributed by atoms with Crippen molar-refractivity contribution in [1.82, 2.24) is 5.32 Å². The van der Waals surface area contributed by atoms with Gasteiger partial charge in [-0.25, -0.2) is 4.39 Å². The Hall–Kier alpha value is -0.600. The smallest absolute Gasteiger partial charge is 0.123 e. The third-order valence-corrected chi connectivity index (χ3v) is 4.86. The zero-order valence-corrected chi connectivity index (χ0v) is 11.9. The fourth-order valence-corrected chi connectivity index (χ4v) is 3.52. The van der Waals surface area contributed by atoms with E-state index in [9.17, 15) is 4.39 Å². The normalized spacial score (nSPS) is 27.5. The molecule has 1 nitrogen and oxygen atoms in total. The lowest BCUT2D eigenvalue weighted by molar-refractivity contribution is 0.294. The van der Waals surface area contributed by atoms with Crippen LogP contribution in [-0.2, 0) is 0 Å². The van der Waals surface area contributed by atoms with Crippen LogP contribution in [0.25, 0.3) is 0 Å². The van der Waals surface area contributed by atoms with Gasteiger partial charge in [-0.15, -0.1) is 0 Å². The molecular weight excluding hydrogens is 261 g/mol. The monoisotopic (exact) mass is 281 g/mol. The Labute approximate surface area is 119 Å². The molecule has 2 aliphatic rings. The van der Waals surface area contributed by atoms with E-state index in [-0.39, 0.29) is 5.82 Å². The molecule has 104 valence electrons. The van der Waals surface area contributed by atoms with Crippen LogP contribution in [0.4, 0.5) is 4.39 Å². The molecular formula is C16H21ClFN. The summed E-state index contributed by atoms with van der Waals surface area (Å²) in [6, 6.07) is 5.53. The number of nitrogens with one attached hydrogen (secondary N) is 1. The largest absolute Gasteiger partial charge is 0.314 e. The molecule has 2 atom stereocenters. The summed E-state index contributed by atoms with van der Waals surface area (Å²) in [4.78, 5) is 0. The number of hydrogen-bond donors (Lipinski definition) is 1. The molecule has 0 bridgehead atoms. The van der Waals surface area contributed by atoms with Gasteiger partial charge in [-0.3, -0.25) is 0 Å². The molecule has 2 fully saturated rings. The SMILES string of the molecule is Fc1ccc(Cl)c(C2CCCCC2CNC2CC2)c1. The summed E-state index contributed by atoms with van der Waals surface area (Å²) < 4.78 is 13.5. The Balaban J connectivity index is 1.75. The molecule has 0 heterocycles. The lowest BCUT2D eigenvalue weighted by Gasteiger charge is -2.32. The molecule has 3 heteroatoms. The Morgan fingerprint density at radius 1 is 1.16 bits per heavy atom. The predicted molar refractivity (Wildman–Crippen MR) is 77.1 cm³/mol. The molecule has 1 aromatic carbocycles. The quantitative estimate of drug-likeness (QED) is 0.856. The second kappa shape index (κ2) is 5.80. The van der Waals surface area contributed by atoms with Gasteiger partial charge in [-0.1, -0.05) is 24.4 Å².